The van der Waals surface area contributed by atoms with E-state index in [2.05, 4.69) is 20.8 Å². The number of rotatable bonds is 5. The first kappa shape index (κ1) is 18.4. The fourth-order valence-electron chi connectivity index (χ4n) is 8.87. The van der Waals surface area contributed by atoms with E-state index in [9.17, 15) is 0 Å². The molecule has 0 spiro atoms. The first-order valence-corrected chi connectivity index (χ1v) is 12.2. The van der Waals surface area contributed by atoms with E-state index in [1.165, 1.54) is 32.1 Å². The molecule has 144 valence electrons. The Morgan fingerprint density at radius 2 is 1.68 bits per heavy atom. The zero-order valence-electron chi connectivity index (χ0n) is 17.4. The van der Waals surface area contributed by atoms with E-state index in [0.29, 0.717) is 5.41 Å². The molecule has 0 saturated heterocycles. The highest BCUT2D eigenvalue weighted by Gasteiger charge is 2.58. The molecule has 4 rings (SSSR count). The Morgan fingerprint density at radius 3 is 2.48 bits per heavy atom. The van der Waals surface area contributed by atoms with Crippen LogP contribution < -0.4 is 0 Å². The van der Waals surface area contributed by atoms with Crippen LogP contribution in [0.3, 0.4) is 0 Å². The Bertz CT molecular complexity index is 439. The van der Waals surface area contributed by atoms with Gasteiger partial charge in [0.1, 0.15) is 0 Å². The maximum Gasteiger partial charge on any atom is -0.0264 e. The number of hydrogen-bond donors (Lipinski definition) is 0. The lowest BCUT2D eigenvalue weighted by molar-refractivity contribution is -0.101. The van der Waals surface area contributed by atoms with E-state index in [4.69, 9.17) is 0 Å². The van der Waals surface area contributed by atoms with E-state index >= 15 is 0 Å². The largest absolute Gasteiger partial charge is 0.0654 e. The van der Waals surface area contributed by atoms with Crippen molar-refractivity contribution < 1.29 is 0 Å². The van der Waals surface area contributed by atoms with Gasteiger partial charge in [0.05, 0.1) is 0 Å². The second kappa shape index (κ2) is 7.55. The standard InChI is InChI=1S/C25H44/c1-4-6-7-11-19-17-25(3)20(5-2)14-16-23(25)22-15-13-18-10-8-9-12-21(18)24(19)22/h18-24H,4-17H2,1-3H3/t18?,19-,20-,21-,22-,23-,24+,25+/m0/s1. The summed E-state index contributed by atoms with van der Waals surface area (Å²) in [4.78, 5) is 0. The summed E-state index contributed by atoms with van der Waals surface area (Å²) in [6, 6.07) is 0. The van der Waals surface area contributed by atoms with Crippen molar-refractivity contribution in [2.24, 2.45) is 46.8 Å². The highest BCUT2D eigenvalue weighted by atomic mass is 14.6. The van der Waals surface area contributed by atoms with Crippen LogP contribution >= 0.6 is 0 Å². The van der Waals surface area contributed by atoms with E-state index in [1.807, 2.05) is 0 Å². The van der Waals surface area contributed by atoms with Gasteiger partial charge in [0, 0.05) is 0 Å². The molecule has 25 heavy (non-hydrogen) atoms. The second-order valence-electron chi connectivity index (χ2n) is 10.8. The third-order valence-electron chi connectivity index (χ3n) is 9.87. The Kier molecular flexibility index (Phi) is 5.55. The van der Waals surface area contributed by atoms with Gasteiger partial charge in [0.25, 0.3) is 0 Å². The predicted molar refractivity (Wildman–Crippen MR) is 109 cm³/mol. The summed E-state index contributed by atoms with van der Waals surface area (Å²) in [7, 11) is 0. The summed E-state index contributed by atoms with van der Waals surface area (Å²) in [5, 5.41) is 0. The molecule has 4 aliphatic rings. The van der Waals surface area contributed by atoms with Crippen LogP contribution in [0.4, 0.5) is 0 Å². The highest BCUT2D eigenvalue weighted by molar-refractivity contribution is 5.07. The van der Waals surface area contributed by atoms with Crippen molar-refractivity contribution >= 4 is 0 Å². The van der Waals surface area contributed by atoms with Gasteiger partial charge in [0.15, 0.2) is 0 Å². The molecule has 0 radical (unpaired) electrons. The van der Waals surface area contributed by atoms with Gasteiger partial charge in [-0.25, -0.2) is 0 Å². The molecule has 4 fully saturated rings. The van der Waals surface area contributed by atoms with E-state index < -0.39 is 0 Å². The molecule has 4 aliphatic carbocycles. The van der Waals surface area contributed by atoms with Crippen molar-refractivity contribution in [1.82, 2.24) is 0 Å². The molecule has 0 heteroatoms. The quantitative estimate of drug-likeness (QED) is 0.445. The van der Waals surface area contributed by atoms with Crippen molar-refractivity contribution in [3.63, 3.8) is 0 Å². The molecule has 0 amide bonds. The smallest absolute Gasteiger partial charge is 0.0264 e. The van der Waals surface area contributed by atoms with Crippen molar-refractivity contribution in [2.75, 3.05) is 0 Å². The molecule has 0 aromatic rings. The minimum absolute atomic E-state index is 0.703. The van der Waals surface area contributed by atoms with E-state index in [1.54, 1.807) is 57.8 Å². The van der Waals surface area contributed by atoms with Crippen LogP contribution in [0.15, 0.2) is 0 Å². The molecule has 0 heterocycles. The van der Waals surface area contributed by atoms with Gasteiger partial charge in [-0.15, -0.1) is 0 Å². The fraction of sp³-hybridized carbons (Fsp3) is 1.00. The summed E-state index contributed by atoms with van der Waals surface area (Å²) in [5.41, 5.74) is 0.703. The molecule has 0 N–H and O–H groups in total. The average molecular weight is 345 g/mol. The first-order valence-electron chi connectivity index (χ1n) is 12.2. The van der Waals surface area contributed by atoms with Gasteiger partial charge >= 0.3 is 0 Å². The van der Waals surface area contributed by atoms with Crippen LogP contribution in [0.1, 0.15) is 111 Å². The molecule has 4 saturated carbocycles. The van der Waals surface area contributed by atoms with Crippen molar-refractivity contribution in [3.05, 3.63) is 0 Å². The SMILES string of the molecule is CCCCC[C@H]1C[C@]2(C)[C@@H](CC)CC[C@H]2[C@@H]2CCC3CCCC[C@@H]3[C@@H]12. The summed E-state index contributed by atoms with van der Waals surface area (Å²) < 4.78 is 0. The lowest BCUT2D eigenvalue weighted by Gasteiger charge is -2.59. The number of fused-ring (bicyclic) bond motifs is 5. The zero-order chi connectivity index (χ0) is 17.4. The maximum absolute atomic E-state index is 2.74. The van der Waals surface area contributed by atoms with Crippen molar-refractivity contribution in [2.45, 2.75) is 111 Å². The minimum atomic E-state index is 0.703. The Morgan fingerprint density at radius 1 is 0.840 bits per heavy atom. The molecule has 8 atom stereocenters. The number of unbranched alkanes of at least 4 members (excludes halogenated alkanes) is 2. The lowest BCUT2D eigenvalue weighted by atomic mass is 9.46. The molecule has 0 aromatic carbocycles. The summed E-state index contributed by atoms with van der Waals surface area (Å²) in [5.74, 6) is 7.70. The molecule has 0 aliphatic heterocycles. The van der Waals surface area contributed by atoms with Crippen molar-refractivity contribution in [3.8, 4) is 0 Å². The van der Waals surface area contributed by atoms with Gasteiger partial charge in [-0.1, -0.05) is 72.1 Å². The van der Waals surface area contributed by atoms with Gasteiger partial charge in [0.2, 0.25) is 0 Å². The average Bonchev–Trinajstić information content (AvgIpc) is 2.97. The topological polar surface area (TPSA) is 0 Å². The Balaban J connectivity index is 1.60. The van der Waals surface area contributed by atoms with Gasteiger partial charge in [-0.05, 0) is 85.4 Å². The Labute approximate surface area is 157 Å². The molecule has 0 nitrogen and oxygen atoms in total. The third kappa shape index (κ3) is 3.12. The van der Waals surface area contributed by atoms with Gasteiger partial charge < -0.3 is 0 Å². The molecular formula is C25H44. The summed E-state index contributed by atoms with van der Waals surface area (Å²) >= 11 is 0. The van der Waals surface area contributed by atoms with E-state index in [0.717, 1.165) is 41.4 Å². The van der Waals surface area contributed by atoms with Gasteiger partial charge in [-0.3, -0.25) is 0 Å². The third-order valence-corrected chi connectivity index (χ3v) is 9.87. The fourth-order valence-corrected chi connectivity index (χ4v) is 8.87. The van der Waals surface area contributed by atoms with Crippen LogP contribution in [0.5, 0.6) is 0 Å². The van der Waals surface area contributed by atoms with Crippen LogP contribution in [0.25, 0.3) is 0 Å². The van der Waals surface area contributed by atoms with E-state index in [-0.39, 0.29) is 0 Å². The predicted octanol–water partition coefficient (Wildman–Crippen LogP) is 7.86. The normalized spacial score (nSPS) is 49.3. The second-order valence-corrected chi connectivity index (χ2v) is 10.8. The Hall–Kier alpha value is 0. The van der Waals surface area contributed by atoms with Crippen molar-refractivity contribution in [1.29, 1.82) is 0 Å². The highest BCUT2D eigenvalue weighted by Crippen LogP contribution is 2.66. The molecular weight excluding hydrogens is 300 g/mol. The summed E-state index contributed by atoms with van der Waals surface area (Å²) in [6.45, 7) is 7.60. The summed E-state index contributed by atoms with van der Waals surface area (Å²) in [6.07, 6.45) is 21.6. The van der Waals surface area contributed by atoms with Crippen LogP contribution in [0.2, 0.25) is 0 Å². The minimum Gasteiger partial charge on any atom is -0.0654 e. The zero-order valence-corrected chi connectivity index (χ0v) is 17.4. The van der Waals surface area contributed by atoms with Crippen LogP contribution in [-0.2, 0) is 0 Å². The monoisotopic (exact) mass is 344 g/mol. The molecule has 0 aromatic heterocycles. The lowest BCUT2D eigenvalue weighted by Crippen LogP contribution is -2.52. The molecule has 0 bridgehead atoms. The first-order chi connectivity index (χ1) is 12.2. The molecule has 1 unspecified atom stereocenters. The van der Waals surface area contributed by atoms with Crippen LogP contribution in [-0.4, -0.2) is 0 Å². The maximum atomic E-state index is 2.74. The van der Waals surface area contributed by atoms with Gasteiger partial charge in [-0.2, -0.15) is 0 Å². The number of hydrogen-bond acceptors (Lipinski definition) is 0. The van der Waals surface area contributed by atoms with Crippen LogP contribution in [0, 0.1) is 46.8 Å².